The lowest BCUT2D eigenvalue weighted by atomic mass is 9.56. The number of nitrogens with zero attached hydrogens (tertiary/aromatic N) is 1. The van der Waals surface area contributed by atoms with E-state index in [1.54, 1.807) is 0 Å². The van der Waals surface area contributed by atoms with Crippen LogP contribution >= 0.6 is 11.6 Å². The number of fused-ring (bicyclic) bond motifs is 3. The van der Waals surface area contributed by atoms with Crippen molar-refractivity contribution in [3.63, 3.8) is 0 Å². The molecule has 0 saturated heterocycles. The zero-order chi connectivity index (χ0) is 35.5. The number of carbonyl (C=O) groups is 4. The van der Waals surface area contributed by atoms with Crippen molar-refractivity contribution < 1.29 is 67.0 Å². The van der Waals surface area contributed by atoms with Crippen molar-refractivity contribution in [3.05, 3.63) is 87.4 Å². The number of ketones is 2. The summed E-state index contributed by atoms with van der Waals surface area (Å²) in [4.78, 5) is 50.4. The van der Waals surface area contributed by atoms with Crippen molar-refractivity contribution in [1.29, 1.82) is 0 Å². The number of amides is 1. The minimum Gasteiger partial charge on any atom is -0.510 e. The predicted molar refractivity (Wildman–Crippen MR) is 161 cm³/mol. The standard InChI is InChI=1S/C22H21ClN2O8.C7H6O6S/c1-6-9-7(23)4-5-8(26)11(9)16(27)12-10(6)17(28)14-15(25(2)3)18(29)13(21(24)32)20(31)22(14,33)19(12)30;8-7(9)5-3-1-2-4-6(5)13-14(10,11)12/h4-5,10,14-15,17,26,28-30,33H,1H2,2-3H3,(H2,24,32);1-4H,(H,8,9)(H,10,11,12)/t10-,14+,15+,17+,22+;/m1./s1. The number of benzene rings is 2. The molecule has 2 aromatic carbocycles. The largest absolute Gasteiger partial charge is 0.510 e. The molecule has 0 saturated carbocycles. The number of primary amides is 1. The topological polar surface area (TPSA) is 283 Å². The first-order valence-electron chi connectivity index (χ1n) is 13.2. The highest BCUT2D eigenvalue weighted by Crippen LogP contribution is 2.55. The second-order valence-corrected chi connectivity index (χ2v) is 12.3. The summed E-state index contributed by atoms with van der Waals surface area (Å²) in [5.74, 6) is -10.9. The lowest BCUT2D eigenvalue weighted by Gasteiger charge is -2.52. The van der Waals surface area contributed by atoms with Gasteiger partial charge in [-0.15, -0.1) is 0 Å². The van der Waals surface area contributed by atoms with Gasteiger partial charge in [0.05, 0.1) is 29.2 Å². The van der Waals surface area contributed by atoms with E-state index in [9.17, 15) is 53.1 Å². The molecule has 5 atom stereocenters. The molecule has 3 aliphatic rings. The zero-order valence-corrected chi connectivity index (χ0v) is 25.9. The normalized spacial score (nSPS) is 25.4. The fraction of sp³-hybridized carbons (Fsp3) is 0.241. The Labute approximate surface area is 270 Å². The lowest BCUT2D eigenvalue weighted by Crippen LogP contribution is -2.68. The molecule has 0 radical (unpaired) electrons. The molecule has 16 nitrogen and oxygen atoms in total. The van der Waals surface area contributed by atoms with Crippen LogP contribution in [0.5, 0.6) is 11.5 Å². The van der Waals surface area contributed by atoms with Crippen LogP contribution in [0.15, 0.2) is 65.6 Å². The van der Waals surface area contributed by atoms with Crippen LogP contribution in [-0.4, -0.2) is 104 Å². The Morgan fingerprint density at radius 3 is 2.19 bits per heavy atom. The number of carboxylic acid groups (broad SMARTS) is 1. The number of rotatable bonds is 5. The Kier molecular flexibility index (Phi) is 9.03. The Morgan fingerprint density at radius 2 is 1.66 bits per heavy atom. The maximum Gasteiger partial charge on any atom is 0.446 e. The van der Waals surface area contributed by atoms with E-state index < -0.39 is 97.6 Å². The molecule has 0 spiro atoms. The summed E-state index contributed by atoms with van der Waals surface area (Å²) >= 11 is 6.24. The Hall–Kier alpha value is -4.78. The SMILES string of the molecule is C=C1c2c(Cl)ccc(O)c2C(=O)C2=C(O)[C@]3(O)C(=O)C(C(N)=O)=C(O)[C@@H](N(C)C)[C@H]3[C@@H](O)[C@H]12.O=C(O)c1ccccc1OS(=O)(=O)O. The van der Waals surface area contributed by atoms with Crippen LogP contribution in [-0.2, 0) is 20.0 Å². The van der Waals surface area contributed by atoms with Crippen LogP contribution in [0.1, 0.15) is 26.3 Å². The number of phenolic OH excluding ortho intramolecular Hbond substituents is 1. The number of hydrogen-bond acceptors (Lipinski definition) is 13. The fourth-order valence-electron chi connectivity index (χ4n) is 6.10. The maximum absolute atomic E-state index is 13.4. The van der Waals surface area contributed by atoms with Gasteiger partial charge in [0, 0.05) is 16.5 Å². The van der Waals surface area contributed by atoms with Crippen LogP contribution in [0.4, 0.5) is 0 Å². The molecular formula is C29H27ClN2O14S. The summed E-state index contributed by atoms with van der Waals surface area (Å²) in [7, 11) is -1.80. The van der Waals surface area contributed by atoms with E-state index in [0.29, 0.717) is 0 Å². The molecule has 2 aromatic rings. The number of aromatic carboxylic acids is 1. The monoisotopic (exact) mass is 694 g/mol. The molecule has 0 fully saturated rings. The molecule has 0 aromatic heterocycles. The van der Waals surface area contributed by atoms with Crippen molar-refractivity contribution >= 4 is 51.0 Å². The average Bonchev–Trinajstić information content (AvgIpc) is 2.95. The van der Waals surface area contributed by atoms with Crippen LogP contribution in [0, 0.1) is 11.8 Å². The van der Waals surface area contributed by atoms with Crippen LogP contribution in [0.3, 0.4) is 0 Å². The highest BCUT2D eigenvalue weighted by atomic mass is 35.5. The van der Waals surface area contributed by atoms with Gasteiger partial charge in [0.15, 0.2) is 17.1 Å². The predicted octanol–water partition coefficient (Wildman–Crippen LogP) is 0.782. The van der Waals surface area contributed by atoms with E-state index in [4.69, 9.17) is 27.0 Å². The first-order valence-corrected chi connectivity index (χ1v) is 14.9. The smallest absolute Gasteiger partial charge is 0.446 e. The quantitative estimate of drug-likeness (QED) is 0.159. The second kappa shape index (κ2) is 12.1. The summed E-state index contributed by atoms with van der Waals surface area (Å²) in [5.41, 5.74) is 0.186. The molecule has 9 N–H and O–H groups in total. The second-order valence-electron chi connectivity index (χ2n) is 10.9. The number of aliphatic hydroxyl groups is 4. The number of likely N-dealkylation sites (N-methyl/N-ethyl adjacent to an activating group) is 1. The molecule has 0 heterocycles. The lowest BCUT2D eigenvalue weighted by molar-refractivity contribution is -0.159. The summed E-state index contributed by atoms with van der Waals surface area (Å²) < 4.78 is 33.0. The van der Waals surface area contributed by atoms with Gasteiger partial charge in [-0.05, 0) is 43.9 Å². The van der Waals surface area contributed by atoms with E-state index in [-0.39, 0.29) is 27.3 Å². The molecule has 250 valence electrons. The molecule has 18 heteroatoms. The number of aliphatic hydroxyl groups excluding tert-OH is 3. The first kappa shape index (κ1) is 35.1. The molecular weight excluding hydrogens is 668 g/mol. The van der Waals surface area contributed by atoms with Crippen molar-refractivity contribution in [2.75, 3.05) is 14.1 Å². The molecule has 3 aliphatic carbocycles. The van der Waals surface area contributed by atoms with Gasteiger partial charge in [-0.25, -0.2) is 4.79 Å². The third-order valence-electron chi connectivity index (χ3n) is 7.98. The molecule has 0 unspecified atom stereocenters. The number of para-hydroxylation sites is 1. The molecule has 0 bridgehead atoms. The minimum atomic E-state index is -4.70. The summed E-state index contributed by atoms with van der Waals surface area (Å²) in [6, 6.07) is 6.20. The third-order valence-corrected chi connectivity index (χ3v) is 8.69. The van der Waals surface area contributed by atoms with Crippen molar-refractivity contribution in [2.45, 2.75) is 17.7 Å². The van der Waals surface area contributed by atoms with Crippen LogP contribution in [0.25, 0.3) is 5.57 Å². The van der Waals surface area contributed by atoms with E-state index in [2.05, 4.69) is 10.8 Å². The van der Waals surface area contributed by atoms with Gasteiger partial charge >= 0.3 is 16.4 Å². The number of halogens is 1. The summed E-state index contributed by atoms with van der Waals surface area (Å²) in [5, 5.41) is 63.7. The number of phenols is 1. The minimum absolute atomic E-state index is 0.0498. The number of nitrogens with two attached hydrogens (primary N) is 1. The molecule has 0 aliphatic heterocycles. The van der Waals surface area contributed by atoms with E-state index >= 15 is 0 Å². The number of carboxylic acids is 1. The Bertz CT molecular complexity index is 1940. The van der Waals surface area contributed by atoms with Crippen molar-refractivity contribution in [3.8, 4) is 11.5 Å². The molecule has 47 heavy (non-hydrogen) atoms. The number of aromatic hydroxyl groups is 1. The van der Waals surface area contributed by atoms with Gasteiger partial charge in [0.2, 0.25) is 5.78 Å². The van der Waals surface area contributed by atoms with Crippen molar-refractivity contribution in [2.24, 2.45) is 17.6 Å². The Balaban J connectivity index is 0.000000300. The van der Waals surface area contributed by atoms with Gasteiger partial charge in [-0.2, -0.15) is 8.42 Å². The zero-order valence-electron chi connectivity index (χ0n) is 24.3. The fourth-order valence-corrected chi connectivity index (χ4v) is 6.75. The van der Waals surface area contributed by atoms with E-state index in [1.165, 1.54) is 37.2 Å². The highest BCUT2D eigenvalue weighted by Gasteiger charge is 2.67. The van der Waals surface area contributed by atoms with Gasteiger partial charge in [-0.3, -0.25) is 23.8 Å². The number of Topliss-reactive ketones (excluding diaryl/α,β-unsaturated/α-hetero) is 2. The maximum atomic E-state index is 13.4. The van der Waals surface area contributed by atoms with E-state index in [0.717, 1.165) is 18.2 Å². The van der Waals surface area contributed by atoms with Crippen LogP contribution < -0.4 is 9.92 Å². The first-order chi connectivity index (χ1) is 21.7. The van der Waals surface area contributed by atoms with Gasteiger partial charge < -0.3 is 40.6 Å². The summed E-state index contributed by atoms with van der Waals surface area (Å²) in [6.07, 6.45) is -1.75. The van der Waals surface area contributed by atoms with Gasteiger partial charge in [0.1, 0.15) is 28.4 Å². The van der Waals surface area contributed by atoms with Gasteiger partial charge in [-0.1, -0.05) is 30.3 Å². The number of carbonyl (C=O) groups excluding carboxylic acids is 3. The van der Waals surface area contributed by atoms with E-state index in [1.807, 2.05) is 0 Å². The average molecular weight is 695 g/mol. The van der Waals surface area contributed by atoms with Crippen LogP contribution in [0.2, 0.25) is 5.02 Å². The summed E-state index contributed by atoms with van der Waals surface area (Å²) in [6.45, 7) is 3.89. The van der Waals surface area contributed by atoms with Gasteiger partial charge in [0.25, 0.3) is 5.91 Å². The molecule has 5 rings (SSSR count). The molecule has 1 amide bonds. The van der Waals surface area contributed by atoms with Crippen molar-refractivity contribution in [1.82, 2.24) is 4.90 Å². The third kappa shape index (κ3) is 5.62. The number of hydrogen-bond donors (Lipinski definition) is 8. The Morgan fingerprint density at radius 1 is 1.06 bits per heavy atom. The highest BCUT2D eigenvalue weighted by molar-refractivity contribution is 7.81.